The van der Waals surface area contributed by atoms with Gasteiger partial charge >= 0.3 is 0 Å². The summed E-state index contributed by atoms with van der Waals surface area (Å²) in [6.07, 6.45) is 1.18. The third-order valence-electron chi connectivity index (χ3n) is 3.32. The lowest BCUT2D eigenvalue weighted by molar-refractivity contribution is -0.121. The van der Waals surface area contributed by atoms with Gasteiger partial charge in [0.25, 0.3) is 0 Å². The normalized spacial score (nSPS) is 10.4. The van der Waals surface area contributed by atoms with Crippen LogP contribution < -0.4 is 5.32 Å². The molecule has 110 valence electrons. The topological polar surface area (TPSA) is 49.3 Å². The Hall–Kier alpha value is -1.65. The Morgan fingerprint density at radius 3 is 2.38 bits per heavy atom. The molecule has 2 N–H and O–H groups in total. The van der Waals surface area contributed by atoms with Crippen LogP contribution >= 0.6 is 15.9 Å². The van der Waals surface area contributed by atoms with Crippen molar-refractivity contribution in [2.24, 2.45) is 0 Å². The Kier molecular flexibility index (Phi) is 5.96. The van der Waals surface area contributed by atoms with Crippen LogP contribution in [0.5, 0.6) is 0 Å². The molecular formula is C17H18BrNO2. The van der Waals surface area contributed by atoms with Crippen LogP contribution in [0.15, 0.2) is 53.0 Å². The molecule has 0 saturated heterocycles. The van der Waals surface area contributed by atoms with Crippen molar-refractivity contribution in [3.63, 3.8) is 0 Å². The number of benzene rings is 2. The summed E-state index contributed by atoms with van der Waals surface area (Å²) in [4.78, 5) is 11.9. The summed E-state index contributed by atoms with van der Waals surface area (Å²) < 4.78 is 1.04. The Balaban J connectivity index is 1.81. The zero-order valence-corrected chi connectivity index (χ0v) is 13.3. The number of aliphatic hydroxyl groups is 1. The molecule has 0 radical (unpaired) electrons. The Morgan fingerprint density at radius 1 is 1.05 bits per heavy atom. The molecule has 0 heterocycles. The molecule has 0 atom stereocenters. The predicted octanol–water partition coefficient (Wildman–Crippen LogP) is 3.19. The monoisotopic (exact) mass is 347 g/mol. The summed E-state index contributed by atoms with van der Waals surface area (Å²) >= 11 is 3.39. The van der Waals surface area contributed by atoms with Crippen LogP contribution in [0.4, 0.5) is 0 Å². The van der Waals surface area contributed by atoms with Crippen molar-refractivity contribution < 1.29 is 9.90 Å². The molecule has 0 bridgehead atoms. The van der Waals surface area contributed by atoms with Gasteiger partial charge in [0.15, 0.2) is 0 Å². The minimum absolute atomic E-state index is 0.00899. The third-order valence-corrected chi connectivity index (χ3v) is 3.85. The van der Waals surface area contributed by atoms with Gasteiger partial charge in [0.2, 0.25) is 5.91 Å². The maximum Gasteiger partial charge on any atom is 0.220 e. The number of amides is 1. The zero-order chi connectivity index (χ0) is 15.1. The molecular weight excluding hydrogens is 330 g/mol. The standard InChI is InChI=1S/C17H18BrNO2/c18-16-8-5-13(6-9-16)7-10-17(21)19-11-14-3-1-2-4-15(14)12-20/h1-6,8-9,20H,7,10-12H2,(H,19,21). The summed E-state index contributed by atoms with van der Waals surface area (Å²) in [5, 5.41) is 12.1. The number of halogens is 1. The molecule has 0 fully saturated rings. The summed E-state index contributed by atoms with van der Waals surface area (Å²) in [6.45, 7) is 0.445. The average Bonchev–Trinajstić information content (AvgIpc) is 2.52. The fourth-order valence-electron chi connectivity index (χ4n) is 2.08. The third kappa shape index (κ3) is 4.99. The molecule has 0 aliphatic rings. The van der Waals surface area contributed by atoms with Gasteiger partial charge in [0.05, 0.1) is 6.61 Å². The number of hydrogen-bond donors (Lipinski definition) is 2. The molecule has 2 aromatic rings. The number of aliphatic hydroxyl groups excluding tert-OH is 1. The molecule has 0 spiro atoms. The van der Waals surface area contributed by atoms with E-state index in [1.807, 2.05) is 48.5 Å². The number of carbonyl (C=O) groups is 1. The Morgan fingerprint density at radius 2 is 1.71 bits per heavy atom. The van der Waals surface area contributed by atoms with Gasteiger partial charge in [0.1, 0.15) is 0 Å². The van der Waals surface area contributed by atoms with E-state index < -0.39 is 0 Å². The van der Waals surface area contributed by atoms with Crippen molar-refractivity contribution >= 4 is 21.8 Å². The predicted molar refractivity (Wildman–Crippen MR) is 86.7 cm³/mol. The first-order valence-corrected chi connectivity index (χ1v) is 7.67. The number of hydrogen-bond acceptors (Lipinski definition) is 2. The van der Waals surface area contributed by atoms with Crippen LogP contribution in [0.1, 0.15) is 23.1 Å². The van der Waals surface area contributed by atoms with E-state index >= 15 is 0 Å². The average molecular weight is 348 g/mol. The largest absolute Gasteiger partial charge is 0.392 e. The van der Waals surface area contributed by atoms with Crippen LogP contribution in [0.25, 0.3) is 0 Å². The van der Waals surface area contributed by atoms with Gasteiger partial charge in [-0.3, -0.25) is 4.79 Å². The highest BCUT2D eigenvalue weighted by Crippen LogP contribution is 2.12. The molecule has 3 nitrogen and oxygen atoms in total. The lowest BCUT2D eigenvalue weighted by atomic mass is 10.1. The summed E-state index contributed by atoms with van der Waals surface area (Å²) in [5.41, 5.74) is 2.95. The first-order chi connectivity index (χ1) is 10.2. The first kappa shape index (κ1) is 15.7. The van der Waals surface area contributed by atoms with Gasteiger partial charge in [-0.05, 0) is 35.2 Å². The number of rotatable bonds is 6. The van der Waals surface area contributed by atoms with Gasteiger partial charge in [-0.15, -0.1) is 0 Å². The molecule has 0 aromatic heterocycles. The maximum atomic E-state index is 11.9. The molecule has 0 aliphatic heterocycles. The van der Waals surface area contributed by atoms with Crippen molar-refractivity contribution in [2.75, 3.05) is 0 Å². The second-order valence-corrected chi connectivity index (χ2v) is 5.75. The number of nitrogens with one attached hydrogen (secondary N) is 1. The van der Waals surface area contributed by atoms with E-state index in [1.165, 1.54) is 0 Å². The molecule has 2 rings (SSSR count). The van der Waals surface area contributed by atoms with E-state index in [2.05, 4.69) is 21.2 Å². The lowest BCUT2D eigenvalue weighted by Crippen LogP contribution is -2.23. The number of aryl methyl sites for hydroxylation is 1. The van der Waals surface area contributed by atoms with E-state index in [0.717, 1.165) is 27.6 Å². The van der Waals surface area contributed by atoms with Gasteiger partial charge < -0.3 is 10.4 Å². The van der Waals surface area contributed by atoms with Crippen molar-refractivity contribution in [2.45, 2.75) is 26.0 Å². The Bertz CT molecular complexity index is 596. The van der Waals surface area contributed by atoms with Crippen molar-refractivity contribution in [1.82, 2.24) is 5.32 Å². The van der Waals surface area contributed by atoms with Crippen molar-refractivity contribution in [1.29, 1.82) is 0 Å². The van der Waals surface area contributed by atoms with Gasteiger partial charge in [-0.25, -0.2) is 0 Å². The zero-order valence-electron chi connectivity index (χ0n) is 11.7. The summed E-state index contributed by atoms with van der Waals surface area (Å²) in [7, 11) is 0. The molecule has 4 heteroatoms. The van der Waals surface area contributed by atoms with Crippen LogP contribution in [-0.2, 0) is 24.4 Å². The molecule has 2 aromatic carbocycles. The summed E-state index contributed by atoms with van der Waals surface area (Å²) in [5.74, 6) is 0.0191. The van der Waals surface area contributed by atoms with Crippen LogP contribution in [0.2, 0.25) is 0 Å². The fourth-order valence-corrected chi connectivity index (χ4v) is 2.34. The molecule has 0 unspecified atom stereocenters. The minimum Gasteiger partial charge on any atom is -0.392 e. The van der Waals surface area contributed by atoms with Crippen LogP contribution in [-0.4, -0.2) is 11.0 Å². The van der Waals surface area contributed by atoms with Gasteiger partial charge in [0, 0.05) is 17.4 Å². The van der Waals surface area contributed by atoms with Gasteiger partial charge in [-0.2, -0.15) is 0 Å². The molecule has 0 saturated carbocycles. The SMILES string of the molecule is O=C(CCc1ccc(Br)cc1)NCc1ccccc1CO. The maximum absolute atomic E-state index is 11.9. The van der Waals surface area contributed by atoms with Gasteiger partial charge in [-0.1, -0.05) is 52.3 Å². The van der Waals surface area contributed by atoms with Crippen LogP contribution in [0, 0.1) is 0 Å². The highest BCUT2D eigenvalue weighted by molar-refractivity contribution is 9.10. The lowest BCUT2D eigenvalue weighted by Gasteiger charge is -2.09. The minimum atomic E-state index is -0.00899. The van der Waals surface area contributed by atoms with E-state index in [9.17, 15) is 9.90 Å². The van der Waals surface area contributed by atoms with E-state index in [1.54, 1.807) is 0 Å². The smallest absolute Gasteiger partial charge is 0.220 e. The van der Waals surface area contributed by atoms with Crippen molar-refractivity contribution in [3.05, 3.63) is 69.7 Å². The second kappa shape index (κ2) is 7.96. The number of carbonyl (C=O) groups excluding carboxylic acids is 1. The summed E-state index contributed by atoms with van der Waals surface area (Å²) in [6, 6.07) is 15.5. The Labute approximate surface area is 133 Å². The van der Waals surface area contributed by atoms with E-state index in [4.69, 9.17) is 0 Å². The fraction of sp³-hybridized carbons (Fsp3) is 0.235. The second-order valence-electron chi connectivity index (χ2n) is 4.83. The molecule has 1 amide bonds. The quantitative estimate of drug-likeness (QED) is 0.842. The van der Waals surface area contributed by atoms with E-state index in [-0.39, 0.29) is 12.5 Å². The van der Waals surface area contributed by atoms with Crippen LogP contribution in [0.3, 0.4) is 0 Å². The highest BCUT2D eigenvalue weighted by atomic mass is 79.9. The van der Waals surface area contributed by atoms with Crippen molar-refractivity contribution in [3.8, 4) is 0 Å². The van der Waals surface area contributed by atoms with E-state index in [0.29, 0.717) is 13.0 Å². The molecule has 0 aliphatic carbocycles. The first-order valence-electron chi connectivity index (χ1n) is 6.88. The molecule has 21 heavy (non-hydrogen) atoms. The highest BCUT2D eigenvalue weighted by Gasteiger charge is 2.05.